The number of nitrogens with one attached hydrogen (secondary N) is 1. The van der Waals surface area contributed by atoms with Gasteiger partial charge >= 0.3 is 0 Å². The Labute approximate surface area is 360 Å². The summed E-state index contributed by atoms with van der Waals surface area (Å²) in [5.41, 5.74) is 14.8. The molecule has 2 aliphatic rings. The topological polar surface area (TPSA) is 269 Å². The number of ketones is 2. The standard InChI is InChI=1S/C19H21F2N5O3.C14H13F2N3O4S.C7H14N2O/c1-10(27)26-7-5-11(6-8-26)24-19-23-9-12(18(22)25-19)17(28)15-13(20)3-4-14(29-2)16(15)21;1-3-24(21,22)14-18-6-7(13(17)19-14)12(20)10-8(15)4-5-9(23-2)11(10)16;1-6(10)9-4-2-7(8)3-5-9/h3-4,9,11H,5-8H2,1-2H3,(H3,22,23,24,25);4-6H,3H2,1-2H3,(H2,17,18,19);7H,2-5,8H2,1H3. The van der Waals surface area contributed by atoms with Crippen LogP contribution in [-0.4, -0.2) is 120 Å². The van der Waals surface area contributed by atoms with E-state index in [0.29, 0.717) is 32.0 Å². The second kappa shape index (κ2) is 21.5. The third kappa shape index (κ3) is 12.1. The van der Waals surface area contributed by atoms with Crippen molar-refractivity contribution in [1.82, 2.24) is 29.7 Å². The molecule has 0 aliphatic carbocycles. The minimum Gasteiger partial charge on any atom is -0.494 e. The van der Waals surface area contributed by atoms with Gasteiger partial charge in [0.1, 0.15) is 23.3 Å². The number of nitrogen functional groups attached to an aromatic ring is 2. The smallest absolute Gasteiger partial charge is 0.249 e. The van der Waals surface area contributed by atoms with Crippen molar-refractivity contribution in [2.75, 3.05) is 62.9 Å². The van der Waals surface area contributed by atoms with Crippen LogP contribution in [0.3, 0.4) is 0 Å². The van der Waals surface area contributed by atoms with Crippen molar-refractivity contribution in [3.05, 3.63) is 82.2 Å². The molecule has 0 radical (unpaired) electrons. The van der Waals surface area contributed by atoms with Gasteiger partial charge in [-0.1, -0.05) is 6.92 Å². The number of rotatable bonds is 10. The quantitative estimate of drug-likeness (QED) is 0.101. The minimum absolute atomic E-state index is 0.0313. The molecule has 18 nitrogen and oxygen atoms in total. The highest BCUT2D eigenvalue weighted by Gasteiger charge is 2.28. The molecule has 0 atom stereocenters. The molecule has 0 spiro atoms. The number of sulfone groups is 1. The highest BCUT2D eigenvalue weighted by Crippen LogP contribution is 2.28. The van der Waals surface area contributed by atoms with Crippen LogP contribution in [-0.2, 0) is 19.4 Å². The van der Waals surface area contributed by atoms with Crippen LogP contribution in [0.15, 0.2) is 41.8 Å². The maximum atomic E-state index is 14.4. The number of benzene rings is 2. The zero-order chi connectivity index (χ0) is 46.8. The molecular weight excluding hydrogens is 857 g/mol. The number of hydrogen-bond acceptors (Lipinski definition) is 16. The normalized spacial score (nSPS) is 14.4. The van der Waals surface area contributed by atoms with Crippen LogP contribution in [0.4, 0.5) is 35.1 Å². The van der Waals surface area contributed by atoms with E-state index in [-0.39, 0.29) is 52.4 Å². The number of anilines is 3. The first-order valence-corrected chi connectivity index (χ1v) is 21.0. The fourth-order valence-corrected chi connectivity index (χ4v) is 6.98. The number of nitrogens with two attached hydrogens (primary N) is 3. The largest absolute Gasteiger partial charge is 0.494 e. The van der Waals surface area contributed by atoms with E-state index in [2.05, 4.69) is 25.3 Å². The van der Waals surface area contributed by atoms with Gasteiger partial charge in [-0.15, -0.1) is 0 Å². The van der Waals surface area contributed by atoms with Crippen molar-refractivity contribution in [3.63, 3.8) is 0 Å². The van der Waals surface area contributed by atoms with E-state index in [4.69, 9.17) is 26.7 Å². The van der Waals surface area contributed by atoms with E-state index in [0.717, 1.165) is 69.7 Å². The molecule has 63 heavy (non-hydrogen) atoms. The molecule has 2 aromatic carbocycles. The van der Waals surface area contributed by atoms with E-state index in [1.807, 2.05) is 4.90 Å². The zero-order valence-corrected chi connectivity index (χ0v) is 35.9. The van der Waals surface area contributed by atoms with E-state index in [9.17, 15) is 45.2 Å². The number of carbonyl (C=O) groups excluding carboxylic acids is 4. The van der Waals surface area contributed by atoms with Crippen LogP contribution in [0.1, 0.15) is 78.3 Å². The third-order valence-corrected chi connectivity index (χ3v) is 11.5. The van der Waals surface area contributed by atoms with Crippen LogP contribution < -0.4 is 32.0 Å². The summed E-state index contributed by atoms with van der Waals surface area (Å²) in [5.74, 6) is -7.72. The van der Waals surface area contributed by atoms with Gasteiger partial charge in [0.15, 0.2) is 23.1 Å². The van der Waals surface area contributed by atoms with Gasteiger partial charge in [-0.2, -0.15) is 4.98 Å². The predicted molar refractivity (Wildman–Crippen MR) is 222 cm³/mol. The van der Waals surface area contributed by atoms with Crippen molar-refractivity contribution in [2.45, 2.75) is 63.7 Å². The van der Waals surface area contributed by atoms with Crippen LogP contribution >= 0.6 is 0 Å². The number of piperidine rings is 2. The Bertz CT molecular complexity index is 2450. The summed E-state index contributed by atoms with van der Waals surface area (Å²) in [7, 11) is -1.37. The van der Waals surface area contributed by atoms with E-state index < -0.39 is 72.3 Å². The first-order chi connectivity index (χ1) is 29.7. The van der Waals surface area contributed by atoms with Crippen molar-refractivity contribution in [1.29, 1.82) is 0 Å². The fraction of sp³-hybridized carbons (Fsp3) is 0.400. The predicted octanol–water partition coefficient (Wildman–Crippen LogP) is 3.33. The second-order valence-electron chi connectivity index (χ2n) is 14.2. The molecule has 0 bridgehead atoms. The maximum Gasteiger partial charge on any atom is 0.249 e. The van der Waals surface area contributed by atoms with E-state index in [1.54, 1.807) is 11.8 Å². The maximum absolute atomic E-state index is 14.4. The summed E-state index contributed by atoms with van der Waals surface area (Å²) in [6.07, 6.45) is 5.30. The Hall–Kier alpha value is -6.49. The Morgan fingerprint density at radius 3 is 1.56 bits per heavy atom. The summed E-state index contributed by atoms with van der Waals surface area (Å²) in [6.45, 7) is 7.45. The molecule has 340 valence electrons. The molecular formula is C40H48F4N10O8S. The van der Waals surface area contributed by atoms with Crippen LogP contribution in [0.5, 0.6) is 11.5 Å². The number of aromatic nitrogens is 4. The number of methoxy groups -OCH3 is 2. The zero-order valence-electron chi connectivity index (χ0n) is 35.1. The van der Waals surface area contributed by atoms with Gasteiger partial charge in [0, 0.05) is 64.5 Å². The minimum atomic E-state index is -3.74. The van der Waals surface area contributed by atoms with Gasteiger partial charge in [-0.25, -0.2) is 40.9 Å². The number of hydrogen-bond donors (Lipinski definition) is 4. The lowest BCUT2D eigenvalue weighted by atomic mass is 10.0. The number of ether oxygens (including phenoxy) is 2. The summed E-state index contributed by atoms with van der Waals surface area (Å²) in [5, 5.41) is 2.54. The summed E-state index contributed by atoms with van der Waals surface area (Å²) >= 11 is 0. The first-order valence-electron chi connectivity index (χ1n) is 19.4. The van der Waals surface area contributed by atoms with Crippen LogP contribution in [0.2, 0.25) is 0 Å². The van der Waals surface area contributed by atoms with Crippen LogP contribution in [0, 0.1) is 23.3 Å². The molecule has 4 aromatic rings. The molecule has 4 heterocycles. The number of halogens is 4. The first kappa shape index (κ1) is 49.2. The molecule has 2 saturated heterocycles. The monoisotopic (exact) mass is 904 g/mol. The molecule has 2 aromatic heterocycles. The molecule has 2 fully saturated rings. The molecule has 0 unspecified atom stereocenters. The summed E-state index contributed by atoms with van der Waals surface area (Å²) in [4.78, 5) is 66.0. The van der Waals surface area contributed by atoms with Gasteiger partial charge in [-0.3, -0.25) is 19.2 Å². The highest BCUT2D eigenvalue weighted by atomic mass is 32.2. The lowest BCUT2D eigenvalue weighted by Gasteiger charge is -2.31. The van der Waals surface area contributed by atoms with Gasteiger partial charge in [-0.05, 0) is 49.9 Å². The third-order valence-electron chi connectivity index (χ3n) is 10.0. The Morgan fingerprint density at radius 2 is 1.16 bits per heavy atom. The van der Waals surface area contributed by atoms with Crippen molar-refractivity contribution in [3.8, 4) is 11.5 Å². The molecule has 6 rings (SSSR count). The SMILES string of the molecule is CC(=O)N1CCC(N)CC1.CCS(=O)(=O)c1ncc(C(=O)c2c(F)ccc(OC)c2F)c(N)n1.COc1ccc(F)c(C(=O)c2cnc(NC3CCN(C(C)=O)CC3)nc2N)c1F. The average molecular weight is 905 g/mol. The number of nitrogens with zero attached hydrogens (tertiary/aromatic N) is 6. The van der Waals surface area contributed by atoms with E-state index in [1.165, 1.54) is 21.0 Å². The molecule has 2 aliphatic heterocycles. The van der Waals surface area contributed by atoms with Crippen molar-refractivity contribution < 1.29 is 54.6 Å². The summed E-state index contributed by atoms with van der Waals surface area (Å²) < 4.78 is 89.3. The van der Waals surface area contributed by atoms with E-state index >= 15 is 0 Å². The Morgan fingerprint density at radius 1 is 0.730 bits per heavy atom. The van der Waals surface area contributed by atoms with Crippen molar-refractivity contribution in [2.24, 2.45) is 5.73 Å². The molecule has 0 saturated carbocycles. The van der Waals surface area contributed by atoms with Gasteiger partial charge in [0.2, 0.25) is 44.3 Å². The Kier molecular flexibility index (Phi) is 16.8. The lowest BCUT2D eigenvalue weighted by molar-refractivity contribution is -0.130. The van der Waals surface area contributed by atoms with Gasteiger partial charge in [0.05, 0.1) is 42.2 Å². The fourth-order valence-electron chi connectivity index (χ4n) is 6.27. The van der Waals surface area contributed by atoms with Crippen molar-refractivity contribution >= 4 is 50.8 Å². The summed E-state index contributed by atoms with van der Waals surface area (Å²) in [6, 6.07) is 4.28. The van der Waals surface area contributed by atoms with Crippen LogP contribution in [0.25, 0.3) is 0 Å². The molecule has 2 amide bonds. The number of likely N-dealkylation sites (tertiary alicyclic amines) is 2. The number of carbonyl (C=O) groups is 4. The number of amides is 2. The lowest BCUT2D eigenvalue weighted by Crippen LogP contribution is -2.41. The molecule has 23 heteroatoms. The van der Waals surface area contributed by atoms with Gasteiger partial charge < -0.3 is 41.8 Å². The molecule has 7 N–H and O–H groups in total. The highest BCUT2D eigenvalue weighted by molar-refractivity contribution is 7.91. The van der Waals surface area contributed by atoms with Gasteiger partial charge in [0.25, 0.3) is 0 Å². The Balaban J connectivity index is 0.000000230. The second-order valence-corrected chi connectivity index (χ2v) is 16.3. The average Bonchev–Trinajstić information content (AvgIpc) is 3.24.